The maximum Gasteiger partial charge on any atom is 0.588 e. The number of halogens is 1. The van der Waals surface area contributed by atoms with Gasteiger partial charge in [-0.1, -0.05) is 5.79 Å². The third-order valence-corrected chi connectivity index (χ3v) is 1.82. The fourth-order valence-corrected chi connectivity index (χ4v) is 2.26. The van der Waals surface area contributed by atoms with Gasteiger partial charge >= 0.3 is 13.6 Å². The Morgan fingerprint density at radius 3 is 1.75 bits per heavy atom. The molecule has 8 heavy (non-hydrogen) atoms. The van der Waals surface area contributed by atoms with Crippen molar-refractivity contribution in [2.75, 3.05) is 0 Å². The molecule has 0 N–H and O–H groups in total. The van der Waals surface area contributed by atoms with Gasteiger partial charge in [0.15, 0.2) is 0 Å². The molecule has 0 fully saturated rings. The van der Waals surface area contributed by atoms with E-state index >= 15 is 0 Å². The van der Waals surface area contributed by atoms with E-state index in [0.29, 0.717) is 0 Å². The van der Waals surface area contributed by atoms with Crippen molar-refractivity contribution >= 4 is 23.6 Å². The summed E-state index contributed by atoms with van der Waals surface area (Å²) < 4.78 is 5.34. The Morgan fingerprint density at radius 1 is 1.38 bits per heavy atom. The van der Waals surface area contributed by atoms with Crippen LogP contribution < -0.4 is 0 Å². The first-order valence-corrected chi connectivity index (χ1v) is 6.11. The molecule has 0 aliphatic carbocycles. The van der Waals surface area contributed by atoms with Crippen LogP contribution in [0.2, 0.25) is 5.79 Å². The minimum absolute atomic E-state index is 0.0482. The zero-order valence-electron chi connectivity index (χ0n) is 5.86. The SMILES string of the molecule is [CH3][Al]([Cl])[O]C(C)(C)C. The second kappa shape index (κ2) is 3.08. The minimum atomic E-state index is -1.32. The van der Waals surface area contributed by atoms with E-state index in [1.807, 2.05) is 26.6 Å². The van der Waals surface area contributed by atoms with Gasteiger partial charge < -0.3 is 3.79 Å². The molecular formula is C5H12AlClO. The van der Waals surface area contributed by atoms with Gasteiger partial charge in [-0.3, -0.25) is 0 Å². The van der Waals surface area contributed by atoms with Crippen molar-refractivity contribution < 1.29 is 3.79 Å². The van der Waals surface area contributed by atoms with Crippen LogP contribution in [0.4, 0.5) is 0 Å². The molecule has 0 aromatic heterocycles. The first-order chi connectivity index (χ1) is 3.42. The molecule has 48 valence electrons. The zero-order chi connectivity index (χ0) is 6.78. The molecule has 0 amide bonds. The Bertz CT molecular complexity index is 67.3. The number of hydrogen-bond donors (Lipinski definition) is 0. The summed E-state index contributed by atoms with van der Waals surface area (Å²) in [7, 11) is 5.68. The lowest BCUT2D eigenvalue weighted by molar-refractivity contribution is 0.136. The van der Waals surface area contributed by atoms with Gasteiger partial charge in [-0.15, -0.1) is 0 Å². The maximum absolute atomic E-state index is 5.68. The highest BCUT2D eigenvalue weighted by Gasteiger charge is 2.18. The molecule has 0 aliphatic rings. The topological polar surface area (TPSA) is 9.23 Å². The Labute approximate surface area is 59.9 Å². The largest absolute Gasteiger partial charge is 0.588 e. The van der Waals surface area contributed by atoms with Gasteiger partial charge in [0.25, 0.3) is 0 Å². The van der Waals surface area contributed by atoms with Gasteiger partial charge in [0, 0.05) is 5.60 Å². The van der Waals surface area contributed by atoms with Crippen molar-refractivity contribution in [2.45, 2.75) is 32.2 Å². The summed E-state index contributed by atoms with van der Waals surface area (Å²) in [6.07, 6.45) is 0. The van der Waals surface area contributed by atoms with Crippen LogP contribution in [-0.2, 0) is 3.79 Å². The van der Waals surface area contributed by atoms with Crippen LogP contribution >= 0.6 is 10.0 Å². The normalized spacial score (nSPS) is 11.6. The summed E-state index contributed by atoms with van der Waals surface area (Å²) in [5, 5.41) is 0. The van der Waals surface area contributed by atoms with Crippen LogP contribution in [0.1, 0.15) is 20.8 Å². The Hall–Kier alpha value is 0.782. The summed E-state index contributed by atoms with van der Waals surface area (Å²) in [5.41, 5.74) is -0.0482. The van der Waals surface area contributed by atoms with Crippen LogP contribution in [0.5, 0.6) is 0 Å². The van der Waals surface area contributed by atoms with Crippen molar-refractivity contribution in [2.24, 2.45) is 0 Å². The van der Waals surface area contributed by atoms with E-state index in [-0.39, 0.29) is 5.60 Å². The van der Waals surface area contributed by atoms with Crippen LogP contribution in [0, 0.1) is 0 Å². The van der Waals surface area contributed by atoms with E-state index in [9.17, 15) is 0 Å². The lowest BCUT2D eigenvalue weighted by Gasteiger charge is -2.20. The van der Waals surface area contributed by atoms with Gasteiger partial charge in [0.05, 0.1) is 0 Å². The predicted octanol–water partition coefficient (Wildman–Crippen LogP) is 2.16. The molecule has 3 heteroatoms. The van der Waals surface area contributed by atoms with Gasteiger partial charge in [-0.2, -0.15) is 0 Å². The molecule has 0 saturated heterocycles. The number of rotatable bonds is 1. The molecule has 0 saturated carbocycles. The monoisotopic (exact) mass is 150 g/mol. The first-order valence-electron chi connectivity index (χ1n) is 2.74. The predicted molar refractivity (Wildman–Crippen MR) is 38.3 cm³/mol. The zero-order valence-corrected chi connectivity index (χ0v) is 7.77. The quantitative estimate of drug-likeness (QED) is 0.521. The van der Waals surface area contributed by atoms with E-state index in [2.05, 4.69) is 0 Å². The maximum atomic E-state index is 5.68. The first kappa shape index (κ1) is 8.78. The van der Waals surface area contributed by atoms with Crippen molar-refractivity contribution in [1.29, 1.82) is 0 Å². The van der Waals surface area contributed by atoms with E-state index < -0.39 is 13.6 Å². The molecule has 1 nitrogen and oxygen atoms in total. The van der Waals surface area contributed by atoms with Crippen molar-refractivity contribution in [3.05, 3.63) is 0 Å². The summed E-state index contributed by atoms with van der Waals surface area (Å²) in [6, 6.07) is 0. The lowest BCUT2D eigenvalue weighted by atomic mass is 10.2. The van der Waals surface area contributed by atoms with Gasteiger partial charge in [0.2, 0.25) is 0 Å². The summed E-state index contributed by atoms with van der Waals surface area (Å²) in [4.78, 5) is 0. The van der Waals surface area contributed by atoms with E-state index in [1.54, 1.807) is 0 Å². The average Bonchev–Trinajstić information content (AvgIpc) is 1.21. The van der Waals surface area contributed by atoms with E-state index in [1.165, 1.54) is 0 Å². The molecule has 0 heterocycles. The van der Waals surface area contributed by atoms with Crippen LogP contribution in [0.15, 0.2) is 0 Å². The van der Waals surface area contributed by atoms with Crippen LogP contribution in [0.25, 0.3) is 0 Å². The van der Waals surface area contributed by atoms with Gasteiger partial charge in [-0.25, -0.2) is 10.0 Å². The molecule has 0 aromatic rings. The molecule has 0 spiro atoms. The van der Waals surface area contributed by atoms with Crippen molar-refractivity contribution in [1.82, 2.24) is 0 Å². The van der Waals surface area contributed by atoms with Crippen LogP contribution in [-0.4, -0.2) is 19.2 Å². The minimum Gasteiger partial charge on any atom is -0.485 e. The Kier molecular flexibility index (Phi) is 3.38. The Morgan fingerprint density at radius 2 is 1.75 bits per heavy atom. The lowest BCUT2D eigenvalue weighted by Crippen LogP contribution is -2.24. The molecule has 0 aliphatic heterocycles. The van der Waals surface area contributed by atoms with E-state index in [0.717, 1.165) is 0 Å². The van der Waals surface area contributed by atoms with Crippen LogP contribution in [0.3, 0.4) is 0 Å². The molecule has 0 unspecified atom stereocenters. The summed E-state index contributed by atoms with van der Waals surface area (Å²) >= 11 is -1.32. The number of hydrogen-bond acceptors (Lipinski definition) is 1. The molecule has 0 aromatic carbocycles. The summed E-state index contributed by atoms with van der Waals surface area (Å²) in [6.45, 7) is 6.04. The summed E-state index contributed by atoms with van der Waals surface area (Å²) in [5.74, 6) is 1.95. The highest BCUT2D eigenvalue weighted by Crippen LogP contribution is 2.09. The van der Waals surface area contributed by atoms with E-state index in [4.69, 9.17) is 13.8 Å². The molecule has 0 atom stereocenters. The fraction of sp³-hybridized carbons (Fsp3) is 1.00. The third-order valence-electron chi connectivity index (χ3n) is 0.516. The van der Waals surface area contributed by atoms with Crippen molar-refractivity contribution in [3.8, 4) is 0 Å². The molecule has 0 bridgehead atoms. The second-order valence-corrected chi connectivity index (χ2v) is 5.94. The third kappa shape index (κ3) is 6.78. The van der Waals surface area contributed by atoms with Gasteiger partial charge in [0.1, 0.15) is 0 Å². The average molecular weight is 151 g/mol. The highest BCUT2D eigenvalue weighted by molar-refractivity contribution is 7.02. The second-order valence-electron chi connectivity index (χ2n) is 2.77. The highest BCUT2D eigenvalue weighted by atomic mass is 35.6. The van der Waals surface area contributed by atoms with Gasteiger partial charge in [-0.05, 0) is 20.8 Å². The standard InChI is InChI=1S/C4H9O.CH3.Al.ClH/c1-4(2,3)5;;;/h1-3H3;1H3;;1H/q-1;;+2;/p-1. The molecular weight excluding hydrogens is 138 g/mol. The fourth-order valence-electron chi connectivity index (χ4n) is 0.487. The Balaban J connectivity index is 3.39. The smallest absolute Gasteiger partial charge is 0.485 e. The molecule has 0 radical (unpaired) electrons. The molecule has 0 rings (SSSR count). The van der Waals surface area contributed by atoms with Crippen molar-refractivity contribution in [3.63, 3.8) is 0 Å².